The van der Waals surface area contributed by atoms with Crippen LogP contribution in [0.4, 0.5) is 19.1 Å². The molecule has 5 rings (SSSR count). The van der Waals surface area contributed by atoms with E-state index in [4.69, 9.17) is 0 Å². The number of benzene rings is 2. The molecule has 1 aliphatic rings. The second-order valence-corrected chi connectivity index (χ2v) is 9.95. The molecule has 1 unspecified atom stereocenters. The molecule has 0 bridgehead atoms. The fourth-order valence-electron chi connectivity index (χ4n) is 4.51. The van der Waals surface area contributed by atoms with Gasteiger partial charge in [-0.2, -0.15) is 18.3 Å². The monoisotopic (exact) mass is 499 g/mol. The number of anilines is 1. The summed E-state index contributed by atoms with van der Waals surface area (Å²) in [7, 11) is -2.22. The van der Waals surface area contributed by atoms with Gasteiger partial charge >= 0.3 is 6.18 Å². The van der Waals surface area contributed by atoms with Crippen LogP contribution in [0, 0.1) is 0 Å². The van der Waals surface area contributed by atoms with Crippen LogP contribution in [0.3, 0.4) is 0 Å². The Morgan fingerprint density at radius 1 is 1.00 bits per heavy atom. The lowest BCUT2D eigenvalue weighted by molar-refractivity contribution is -0.137. The van der Waals surface area contributed by atoms with Gasteiger partial charge < -0.3 is 0 Å². The van der Waals surface area contributed by atoms with Crippen LogP contribution < -0.4 is 4.72 Å². The molecule has 0 spiro atoms. The van der Waals surface area contributed by atoms with E-state index in [2.05, 4.69) is 19.8 Å². The van der Waals surface area contributed by atoms with Crippen LogP contribution in [0.15, 0.2) is 72.0 Å². The van der Waals surface area contributed by atoms with Crippen LogP contribution in [0.25, 0.3) is 11.3 Å². The highest BCUT2D eigenvalue weighted by Crippen LogP contribution is 2.44. The molecule has 1 N–H and O–H groups in total. The second-order valence-electron chi connectivity index (χ2n) is 8.27. The van der Waals surface area contributed by atoms with Gasteiger partial charge in [0.25, 0.3) is 10.0 Å². The zero-order valence-electron chi connectivity index (χ0n) is 18.5. The summed E-state index contributed by atoms with van der Waals surface area (Å²) in [6.45, 7) is 0. The van der Waals surface area contributed by atoms with Crippen molar-refractivity contribution in [2.24, 2.45) is 7.05 Å². The van der Waals surface area contributed by atoms with Crippen LogP contribution in [0.2, 0.25) is 0 Å². The Morgan fingerprint density at radius 2 is 1.74 bits per heavy atom. The number of fused-ring (bicyclic) bond motifs is 1. The highest BCUT2D eigenvalue weighted by molar-refractivity contribution is 7.92. The van der Waals surface area contributed by atoms with E-state index < -0.39 is 21.8 Å². The maximum absolute atomic E-state index is 13.5. The van der Waals surface area contributed by atoms with Crippen molar-refractivity contribution in [2.75, 3.05) is 4.72 Å². The molecular weight excluding hydrogens is 479 g/mol. The Hall–Kier alpha value is -3.73. The molecule has 2 aromatic carbocycles. The highest BCUT2D eigenvalue weighted by Gasteiger charge is 2.34. The molecule has 0 aliphatic heterocycles. The number of nitrogens with zero attached hydrogens (tertiary/aromatic N) is 4. The van der Waals surface area contributed by atoms with Gasteiger partial charge in [0.05, 0.1) is 16.2 Å². The maximum atomic E-state index is 13.5. The van der Waals surface area contributed by atoms with E-state index in [1.165, 1.54) is 24.5 Å². The van der Waals surface area contributed by atoms with Crippen molar-refractivity contribution < 1.29 is 21.6 Å². The lowest BCUT2D eigenvalue weighted by Gasteiger charge is -2.19. The molecule has 180 valence electrons. The van der Waals surface area contributed by atoms with Crippen LogP contribution in [-0.2, 0) is 29.7 Å². The first kappa shape index (κ1) is 23.0. The van der Waals surface area contributed by atoms with Crippen molar-refractivity contribution in [3.8, 4) is 11.3 Å². The van der Waals surface area contributed by atoms with Crippen molar-refractivity contribution in [1.82, 2.24) is 19.7 Å². The average molecular weight is 500 g/mol. The lowest BCUT2D eigenvalue weighted by Crippen LogP contribution is -2.15. The van der Waals surface area contributed by atoms with Gasteiger partial charge in [0.1, 0.15) is 0 Å². The first-order chi connectivity index (χ1) is 16.6. The lowest BCUT2D eigenvalue weighted by atomic mass is 9.87. The van der Waals surface area contributed by atoms with Gasteiger partial charge in [0, 0.05) is 37.1 Å². The molecule has 4 aromatic rings. The minimum absolute atomic E-state index is 0.0311. The molecule has 2 heterocycles. The van der Waals surface area contributed by atoms with E-state index in [0.29, 0.717) is 24.1 Å². The van der Waals surface area contributed by atoms with E-state index in [1.807, 2.05) is 0 Å². The Labute approximate surface area is 199 Å². The quantitative estimate of drug-likeness (QED) is 0.427. The first-order valence-corrected chi connectivity index (χ1v) is 12.2. The van der Waals surface area contributed by atoms with Crippen LogP contribution >= 0.6 is 0 Å². The predicted octanol–water partition coefficient (Wildman–Crippen LogP) is 4.77. The topological polar surface area (TPSA) is 89.8 Å². The van der Waals surface area contributed by atoms with Gasteiger partial charge in [0.2, 0.25) is 5.95 Å². The summed E-state index contributed by atoms with van der Waals surface area (Å²) in [6, 6.07) is 11.9. The van der Waals surface area contributed by atoms with Crippen LogP contribution in [-0.4, -0.2) is 28.2 Å². The molecule has 2 aromatic heterocycles. The van der Waals surface area contributed by atoms with Crippen molar-refractivity contribution in [3.05, 3.63) is 89.4 Å². The highest BCUT2D eigenvalue weighted by atomic mass is 32.2. The number of halogens is 3. The third-order valence-electron chi connectivity index (χ3n) is 6.15. The Balaban J connectivity index is 1.53. The van der Waals surface area contributed by atoms with E-state index in [-0.39, 0.29) is 16.8 Å². The molecule has 0 fully saturated rings. The SMILES string of the molecule is Cn1nccc1-c1cc(C(F)(F)F)ccc1C1CCc2cc(S(=O)(=O)Nc3ncccn3)ccc21. The molecule has 0 amide bonds. The standard InChI is InChI=1S/C24H20F3N5O2S/c1-32-22(9-12-30-32)21-14-16(24(25,26)27)4-7-20(21)19-6-3-15-13-17(5-8-18(15)19)35(33,34)31-23-28-10-2-11-29-23/h2,4-5,7-14,19H,3,6H2,1H3,(H,28,29,31). The van der Waals surface area contributed by atoms with Gasteiger partial charge in [-0.3, -0.25) is 4.68 Å². The smallest absolute Gasteiger partial charge is 0.268 e. The summed E-state index contributed by atoms with van der Waals surface area (Å²) in [5.74, 6) is -0.212. The largest absolute Gasteiger partial charge is 0.416 e. The molecule has 11 heteroatoms. The number of nitrogens with one attached hydrogen (secondary N) is 1. The number of rotatable bonds is 5. The number of sulfonamides is 1. The van der Waals surface area contributed by atoms with Crippen LogP contribution in [0.1, 0.15) is 34.6 Å². The number of alkyl halides is 3. The Kier molecular flexibility index (Phi) is 5.59. The third-order valence-corrected chi connectivity index (χ3v) is 7.47. The summed E-state index contributed by atoms with van der Waals surface area (Å²) >= 11 is 0. The molecule has 35 heavy (non-hydrogen) atoms. The average Bonchev–Trinajstić information content (AvgIpc) is 3.44. The molecular formula is C24H20F3N5O2S. The van der Waals surface area contributed by atoms with Gasteiger partial charge in [-0.05, 0) is 65.9 Å². The van der Waals surface area contributed by atoms with Crippen LogP contribution in [0.5, 0.6) is 0 Å². The van der Waals surface area contributed by atoms with Crippen molar-refractivity contribution in [1.29, 1.82) is 0 Å². The predicted molar refractivity (Wildman–Crippen MR) is 123 cm³/mol. The van der Waals surface area contributed by atoms with Gasteiger partial charge in [-0.25, -0.2) is 23.1 Å². The van der Waals surface area contributed by atoms with Crippen molar-refractivity contribution >= 4 is 16.0 Å². The maximum Gasteiger partial charge on any atom is 0.416 e. The zero-order valence-corrected chi connectivity index (χ0v) is 19.3. The minimum atomic E-state index is -4.47. The fourth-order valence-corrected chi connectivity index (χ4v) is 5.52. The normalized spacial score (nSPS) is 15.7. The molecule has 1 atom stereocenters. The molecule has 0 saturated heterocycles. The molecule has 0 radical (unpaired) electrons. The van der Waals surface area contributed by atoms with Gasteiger partial charge in [0.15, 0.2) is 0 Å². The zero-order chi connectivity index (χ0) is 24.8. The number of hydrogen-bond acceptors (Lipinski definition) is 5. The van der Waals surface area contributed by atoms with Crippen molar-refractivity contribution in [3.63, 3.8) is 0 Å². The fraction of sp³-hybridized carbons (Fsp3) is 0.208. The molecule has 1 aliphatic carbocycles. The summed E-state index contributed by atoms with van der Waals surface area (Å²) in [6.07, 6.45) is 1.17. The summed E-state index contributed by atoms with van der Waals surface area (Å²) in [5.41, 5.74) is 2.77. The minimum Gasteiger partial charge on any atom is -0.268 e. The van der Waals surface area contributed by atoms with E-state index in [1.54, 1.807) is 42.2 Å². The van der Waals surface area contributed by atoms with E-state index in [0.717, 1.165) is 28.8 Å². The number of hydrogen-bond donors (Lipinski definition) is 1. The first-order valence-electron chi connectivity index (χ1n) is 10.8. The summed E-state index contributed by atoms with van der Waals surface area (Å²) in [5, 5.41) is 4.12. The van der Waals surface area contributed by atoms with E-state index in [9.17, 15) is 21.6 Å². The second kappa shape index (κ2) is 8.49. The third kappa shape index (κ3) is 4.39. The van der Waals surface area contributed by atoms with Gasteiger partial charge in [-0.1, -0.05) is 12.1 Å². The number of aromatic nitrogens is 4. The Morgan fingerprint density at radius 3 is 2.43 bits per heavy atom. The Bertz CT molecular complexity index is 1500. The summed E-state index contributed by atoms with van der Waals surface area (Å²) in [4.78, 5) is 7.85. The van der Waals surface area contributed by atoms with Gasteiger partial charge in [-0.15, -0.1) is 0 Å². The molecule has 0 saturated carbocycles. The number of aryl methyl sites for hydroxylation is 2. The summed E-state index contributed by atoms with van der Waals surface area (Å²) < 4.78 is 70.0. The van der Waals surface area contributed by atoms with Crippen molar-refractivity contribution in [2.45, 2.75) is 29.8 Å². The van der Waals surface area contributed by atoms with E-state index >= 15 is 0 Å². The molecule has 7 nitrogen and oxygen atoms in total.